The van der Waals surface area contributed by atoms with E-state index in [2.05, 4.69) is 51.0 Å². The second-order valence-electron chi connectivity index (χ2n) is 4.05. The SMILES string of the molecule is CC(CBr)C(C)NCc1ccc(F)c(Br)c1. The smallest absolute Gasteiger partial charge is 0.137 e. The zero-order valence-corrected chi connectivity index (χ0v) is 12.6. The minimum atomic E-state index is -0.217. The lowest BCUT2D eigenvalue weighted by Gasteiger charge is -2.19. The molecule has 0 aliphatic heterocycles. The first kappa shape index (κ1) is 14.1. The second-order valence-corrected chi connectivity index (χ2v) is 5.55. The van der Waals surface area contributed by atoms with E-state index in [1.807, 2.05) is 6.07 Å². The van der Waals surface area contributed by atoms with Crippen LogP contribution in [0.3, 0.4) is 0 Å². The summed E-state index contributed by atoms with van der Waals surface area (Å²) in [6, 6.07) is 5.54. The van der Waals surface area contributed by atoms with Gasteiger partial charge in [0.1, 0.15) is 5.82 Å². The quantitative estimate of drug-likeness (QED) is 0.787. The number of rotatable bonds is 5. The molecule has 0 aliphatic rings. The van der Waals surface area contributed by atoms with E-state index in [0.29, 0.717) is 16.4 Å². The Morgan fingerprint density at radius 2 is 2.06 bits per heavy atom. The maximum atomic E-state index is 13.0. The van der Waals surface area contributed by atoms with E-state index in [9.17, 15) is 4.39 Å². The molecule has 0 saturated heterocycles. The molecule has 0 spiro atoms. The molecule has 1 nitrogen and oxygen atoms in total. The molecule has 0 bridgehead atoms. The van der Waals surface area contributed by atoms with Crippen molar-refractivity contribution in [1.82, 2.24) is 5.32 Å². The first-order valence-corrected chi connectivity index (χ1v) is 7.19. The lowest BCUT2D eigenvalue weighted by molar-refractivity contribution is 0.433. The van der Waals surface area contributed by atoms with Gasteiger partial charge in [0.15, 0.2) is 0 Å². The van der Waals surface area contributed by atoms with Gasteiger partial charge in [0.25, 0.3) is 0 Å². The van der Waals surface area contributed by atoms with Gasteiger partial charge in [-0.25, -0.2) is 4.39 Å². The van der Waals surface area contributed by atoms with Crippen LogP contribution in [0.5, 0.6) is 0 Å². The van der Waals surface area contributed by atoms with Crippen molar-refractivity contribution in [1.29, 1.82) is 0 Å². The summed E-state index contributed by atoms with van der Waals surface area (Å²) in [5, 5.41) is 4.40. The highest BCUT2D eigenvalue weighted by Crippen LogP contribution is 2.17. The van der Waals surface area contributed by atoms with Crippen molar-refractivity contribution in [2.24, 2.45) is 5.92 Å². The standard InChI is InChI=1S/C12H16Br2FN/c1-8(6-13)9(2)16-7-10-3-4-12(15)11(14)5-10/h3-5,8-9,16H,6-7H2,1-2H3. The van der Waals surface area contributed by atoms with Gasteiger partial charge < -0.3 is 5.32 Å². The number of hydrogen-bond acceptors (Lipinski definition) is 1. The molecule has 1 aromatic rings. The fourth-order valence-electron chi connectivity index (χ4n) is 1.26. The highest BCUT2D eigenvalue weighted by atomic mass is 79.9. The molecule has 1 N–H and O–H groups in total. The molecule has 0 saturated carbocycles. The molecular weight excluding hydrogens is 337 g/mol. The van der Waals surface area contributed by atoms with Crippen LogP contribution in [0.2, 0.25) is 0 Å². The second kappa shape index (κ2) is 6.72. The summed E-state index contributed by atoms with van der Waals surface area (Å²) in [5.41, 5.74) is 1.09. The molecule has 0 radical (unpaired) electrons. The van der Waals surface area contributed by atoms with Gasteiger partial charge in [-0.3, -0.25) is 0 Å². The van der Waals surface area contributed by atoms with Gasteiger partial charge in [0.2, 0.25) is 0 Å². The van der Waals surface area contributed by atoms with Crippen molar-refractivity contribution in [3.8, 4) is 0 Å². The summed E-state index contributed by atoms with van der Waals surface area (Å²) in [6.07, 6.45) is 0. The molecule has 4 heteroatoms. The third-order valence-electron chi connectivity index (χ3n) is 2.71. The van der Waals surface area contributed by atoms with Crippen LogP contribution < -0.4 is 5.32 Å². The van der Waals surface area contributed by atoms with Crippen LogP contribution in [-0.4, -0.2) is 11.4 Å². The van der Waals surface area contributed by atoms with Crippen molar-refractivity contribution in [3.05, 3.63) is 34.1 Å². The molecule has 0 heterocycles. The average molecular weight is 353 g/mol. The van der Waals surface area contributed by atoms with Crippen LogP contribution >= 0.6 is 31.9 Å². The van der Waals surface area contributed by atoms with Gasteiger partial charge in [0.05, 0.1) is 4.47 Å². The van der Waals surface area contributed by atoms with Gasteiger partial charge >= 0.3 is 0 Å². The minimum Gasteiger partial charge on any atom is -0.310 e. The molecule has 1 rings (SSSR count). The van der Waals surface area contributed by atoms with Gasteiger partial charge in [-0.1, -0.05) is 28.9 Å². The number of hydrogen-bond donors (Lipinski definition) is 1. The van der Waals surface area contributed by atoms with Crippen LogP contribution in [-0.2, 0) is 6.54 Å². The Bertz CT molecular complexity index is 344. The maximum absolute atomic E-state index is 13.0. The molecular formula is C12H16Br2FN. The Labute approximate surface area is 113 Å². The van der Waals surface area contributed by atoms with E-state index < -0.39 is 0 Å². The molecule has 0 aliphatic carbocycles. The Hall–Kier alpha value is 0.0700. The third kappa shape index (κ3) is 4.15. The fourth-order valence-corrected chi connectivity index (χ4v) is 2.25. The Kier molecular flexibility index (Phi) is 5.94. The van der Waals surface area contributed by atoms with E-state index >= 15 is 0 Å². The number of halogens is 3. The maximum Gasteiger partial charge on any atom is 0.137 e. The first-order chi connectivity index (χ1) is 7.54. The van der Waals surface area contributed by atoms with Gasteiger partial charge in [-0.05, 0) is 46.5 Å². The monoisotopic (exact) mass is 351 g/mol. The summed E-state index contributed by atoms with van der Waals surface area (Å²) in [4.78, 5) is 0. The Morgan fingerprint density at radius 3 is 2.62 bits per heavy atom. The summed E-state index contributed by atoms with van der Waals surface area (Å²) in [7, 11) is 0. The summed E-state index contributed by atoms with van der Waals surface area (Å²) in [5.74, 6) is 0.356. The average Bonchev–Trinajstić information content (AvgIpc) is 2.29. The molecule has 0 fully saturated rings. The van der Waals surface area contributed by atoms with E-state index in [1.54, 1.807) is 6.07 Å². The predicted molar refractivity (Wildman–Crippen MR) is 73.4 cm³/mol. The highest BCUT2D eigenvalue weighted by molar-refractivity contribution is 9.10. The van der Waals surface area contributed by atoms with Crippen molar-refractivity contribution < 1.29 is 4.39 Å². The number of alkyl halides is 1. The molecule has 16 heavy (non-hydrogen) atoms. The highest BCUT2D eigenvalue weighted by Gasteiger charge is 2.10. The number of benzene rings is 1. The summed E-state index contributed by atoms with van der Waals surface area (Å²) < 4.78 is 13.5. The molecule has 90 valence electrons. The van der Waals surface area contributed by atoms with Crippen LogP contribution in [0, 0.1) is 11.7 Å². The van der Waals surface area contributed by atoms with E-state index in [-0.39, 0.29) is 5.82 Å². The summed E-state index contributed by atoms with van der Waals surface area (Å²) >= 11 is 6.65. The van der Waals surface area contributed by atoms with E-state index in [0.717, 1.165) is 17.4 Å². The van der Waals surface area contributed by atoms with Crippen molar-refractivity contribution in [2.75, 3.05) is 5.33 Å². The molecule has 1 aromatic carbocycles. The van der Waals surface area contributed by atoms with Crippen LogP contribution in [0.4, 0.5) is 4.39 Å². The van der Waals surface area contributed by atoms with Crippen LogP contribution in [0.25, 0.3) is 0 Å². The summed E-state index contributed by atoms with van der Waals surface area (Å²) in [6.45, 7) is 5.11. The molecule has 0 amide bonds. The minimum absolute atomic E-state index is 0.217. The normalized spacial score (nSPS) is 14.8. The van der Waals surface area contributed by atoms with E-state index in [1.165, 1.54) is 6.07 Å². The number of nitrogens with one attached hydrogen (secondary N) is 1. The lowest BCUT2D eigenvalue weighted by atomic mass is 10.1. The predicted octanol–water partition coefficient (Wildman–Crippen LogP) is 4.10. The fraction of sp³-hybridized carbons (Fsp3) is 0.500. The molecule has 2 atom stereocenters. The van der Waals surface area contributed by atoms with E-state index in [4.69, 9.17) is 0 Å². The zero-order valence-electron chi connectivity index (χ0n) is 9.43. The molecule has 0 aromatic heterocycles. The first-order valence-electron chi connectivity index (χ1n) is 5.28. The van der Waals surface area contributed by atoms with Crippen molar-refractivity contribution in [3.63, 3.8) is 0 Å². The van der Waals surface area contributed by atoms with Gasteiger partial charge in [-0.15, -0.1) is 0 Å². The Morgan fingerprint density at radius 1 is 1.38 bits per heavy atom. The largest absolute Gasteiger partial charge is 0.310 e. The van der Waals surface area contributed by atoms with Crippen molar-refractivity contribution >= 4 is 31.9 Å². The van der Waals surface area contributed by atoms with Crippen LogP contribution in [0.15, 0.2) is 22.7 Å². The topological polar surface area (TPSA) is 12.0 Å². The lowest BCUT2D eigenvalue weighted by Crippen LogP contribution is -2.32. The molecule has 2 unspecified atom stereocenters. The van der Waals surface area contributed by atoms with Gasteiger partial charge in [-0.2, -0.15) is 0 Å². The van der Waals surface area contributed by atoms with Gasteiger partial charge in [0, 0.05) is 17.9 Å². The zero-order chi connectivity index (χ0) is 12.1. The Balaban J connectivity index is 2.51. The van der Waals surface area contributed by atoms with Crippen molar-refractivity contribution in [2.45, 2.75) is 26.4 Å². The third-order valence-corrected chi connectivity index (χ3v) is 4.34. The van der Waals surface area contributed by atoms with Crippen LogP contribution in [0.1, 0.15) is 19.4 Å².